The molecule has 0 amide bonds. The summed E-state index contributed by atoms with van der Waals surface area (Å²) in [5, 5.41) is 0. The molecule has 3 aromatic rings. The number of nitrogens with zero attached hydrogens (tertiary/aromatic N) is 2. The summed E-state index contributed by atoms with van der Waals surface area (Å²) in [5.41, 5.74) is 4.76. The van der Waals surface area contributed by atoms with Crippen LogP contribution in [-0.2, 0) is 0 Å². The number of halogens is 1. The van der Waals surface area contributed by atoms with Crippen LogP contribution in [0.3, 0.4) is 0 Å². The average molecular weight is 321 g/mol. The molecule has 92 valence electrons. The molecule has 0 fully saturated rings. The highest BCUT2D eigenvalue weighted by Gasteiger charge is 2.14. The van der Waals surface area contributed by atoms with Crippen molar-refractivity contribution in [2.75, 3.05) is 0 Å². The van der Waals surface area contributed by atoms with Crippen LogP contribution < -0.4 is 0 Å². The molecule has 0 spiro atoms. The van der Waals surface area contributed by atoms with Crippen LogP contribution in [0.25, 0.3) is 16.2 Å². The normalized spacial score (nSPS) is 11.3. The van der Waals surface area contributed by atoms with Crippen LogP contribution >= 0.6 is 27.3 Å². The minimum Gasteiger partial charge on any atom is -0.291 e. The lowest BCUT2D eigenvalue weighted by atomic mass is 10.1. The second-order valence-electron chi connectivity index (χ2n) is 4.41. The Kier molecular flexibility index (Phi) is 2.79. The fraction of sp³-hybridized carbons (Fsp3) is 0.214. The lowest BCUT2D eigenvalue weighted by molar-refractivity contribution is 1.05. The van der Waals surface area contributed by atoms with Gasteiger partial charge in [-0.3, -0.25) is 4.40 Å². The summed E-state index contributed by atoms with van der Waals surface area (Å²) in [4.78, 5) is 7.18. The van der Waals surface area contributed by atoms with Gasteiger partial charge in [-0.25, -0.2) is 4.98 Å². The van der Waals surface area contributed by atoms with Crippen molar-refractivity contribution in [2.45, 2.75) is 20.8 Å². The molecule has 18 heavy (non-hydrogen) atoms. The van der Waals surface area contributed by atoms with Crippen LogP contribution in [0, 0.1) is 20.8 Å². The lowest BCUT2D eigenvalue weighted by Gasteiger charge is -2.01. The first-order chi connectivity index (χ1) is 8.58. The summed E-state index contributed by atoms with van der Waals surface area (Å²) in [6.07, 6.45) is 0. The van der Waals surface area contributed by atoms with Gasteiger partial charge in [-0.05, 0) is 32.9 Å². The van der Waals surface area contributed by atoms with Crippen molar-refractivity contribution in [3.05, 3.63) is 45.0 Å². The molecule has 0 radical (unpaired) electrons. The van der Waals surface area contributed by atoms with Crippen LogP contribution in [0.5, 0.6) is 0 Å². The van der Waals surface area contributed by atoms with Gasteiger partial charge < -0.3 is 0 Å². The molecule has 4 heteroatoms. The Bertz CT molecular complexity index is 722. The molecule has 3 rings (SSSR count). The van der Waals surface area contributed by atoms with E-state index in [1.165, 1.54) is 21.8 Å². The highest BCUT2D eigenvalue weighted by atomic mass is 79.9. The Labute approximate surface area is 118 Å². The van der Waals surface area contributed by atoms with E-state index in [1.54, 1.807) is 11.3 Å². The molecule has 0 aliphatic heterocycles. The standard InChI is InChI=1S/C14H13BrN2S/c1-8-10(3)18-14-16-13(9(2)17(8)14)11-4-6-12(15)7-5-11/h4-7H,1-3H3. The maximum absolute atomic E-state index is 4.76. The molecule has 0 unspecified atom stereocenters. The van der Waals surface area contributed by atoms with Crippen LogP contribution in [0.2, 0.25) is 0 Å². The Morgan fingerprint density at radius 1 is 1.06 bits per heavy atom. The second-order valence-corrected chi connectivity index (χ2v) is 6.51. The average Bonchev–Trinajstić information content (AvgIpc) is 2.80. The molecule has 0 atom stereocenters. The maximum atomic E-state index is 4.76. The first-order valence-corrected chi connectivity index (χ1v) is 7.40. The number of aryl methyl sites for hydroxylation is 3. The number of fused-ring (bicyclic) bond motifs is 1. The van der Waals surface area contributed by atoms with Gasteiger partial charge in [-0.2, -0.15) is 0 Å². The van der Waals surface area contributed by atoms with Gasteiger partial charge >= 0.3 is 0 Å². The summed E-state index contributed by atoms with van der Waals surface area (Å²) in [7, 11) is 0. The van der Waals surface area contributed by atoms with E-state index < -0.39 is 0 Å². The van der Waals surface area contributed by atoms with Crippen molar-refractivity contribution >= 4 is 32.2 Å². The number of thiazole rings is 1. The fourth-order valence-electron chi connectivity index (χ4n) is 2.19. The Balaban J connectivity index is 2.24. The third kappa shape index (κ3) is 1.71. The van der Waals surface area contributed by atoms with Gasteiger partial charge in [-0.1, -0.05) is 28.1 Å². The van der Waals surface area contributed by atoms with E-state index in [-0.39, 0.29) is 0 Å². The SMILES string of the molecule is Cc1sc2nc(-c3ccc(Br)cc3)c(C)n2c1C. The number of hydrogen-bond acceptors (Lipinski definition) is 2. The van der Waals surface area contributed by atoms with Gasteiger partial charge in [0.05, 0.1) is 5.69 Å². The van der Waals surface area contributed by atoms with Gasteiger partial charge in [-0.15, -0.1) is 11.3 Å². The van der Waals surface area contributed by atoms with E-state index in [9.17, 15) is 0 Å². The fourth-order valence-corrected chi connectivity index (χ4v) is 3.47. The van der Waals surface area contributed by atoms with E-state index in [0.717, 1.165) is 15.1 Å². The first kappa shape index (κ1) is 11.9. The molecule has 2 heterocycles. The Morgan fingerprint density at radius 3 is 2.33 bits per heavy atom. The number of hydrogen-bond donors (Lipinski definition) is 0. The largest absolute Gasteiger partial charge is 0.291 e. The molecule has 2 aromatic heterocycles. The van der Waals surface area contributed by atoms with Crippen molar-refractivity contribution in [3.63, 3.8) is 0 Å². The zero-order valence-electron chi connectivity index (χ0n) is 10.5. The van der Waals surface area contributed by atoms with Gasteiger partial charge in [0.2, 0.25) is 0 Å². The highest BCUT2D eigenvalue weighted by molar-refractivity contribution is 9.10. The molecule has 2 nitrogen and oxygen atoms in total. The van der Waals surface area contributed by atoms with Gasteiger partial charge in [0.25, 0.3) is 0 Å². The van der Waals surface area contributed by atoms with Crippen molar-refractivity contribution in [3.8, 4) is 11.3 Å². The zero-order chi connectivity index (χ0) is 12.9. The molecule has 0 aliphatic carbocycles. The van der Waals surface area contributed by atoms with Crippen molar-refractivity contribution in [1.82, 2.24) is 9.38 Å². The van der Waals surface area contributed by atoms with Gasteiger partial charge in [0.1, 0.15) is 0 Å². The molecular formula is C14H13BrN2S. The first-order valence-electron chi connectivity index (χ1n) is 5.79. The predicted octanol–water partition coefficient (Wildman–Crippen LogP) is 4.75. The third-order valence-electron chi connectivity index (χ3n) is 3.28. The van der Waals surface area contributed by atoms with E-state index in [2.05, 4.69) is 65.4 Å². The van der Waals surface area contributed by atoms with Crippen LogP contribution in [0.1, 0.15) is 16.3 Å². The number of rotatable bonds is 1. The maximum Gasteiger partial charge on any atom is 0.194 e. The molecular weight excluding hydrogens is 308 g/mol. The van der Waals surface area contributed by atoms with Crippen molar-refractivity contribution in [1.29, 1.82) is 0 Å². The monoisotopic (exact) mass is 320 g/mol. The molecule has 0 saturated carbocycles. The minimum atomic E-state index is 1.08. The van der Waals surface area contributed by atoms with Gasteiger partial charge in [0.15, 0.2) is 4.96 Å². The van der Waals surface area contributed by atoms with Crippen LogP contribution in [0.4, 0.5) is 0 Å². The third-order valence-corrected chi connectivity index (χ3v) is 4.87. The number of benzene rings is 1. The number of aromatic nitrogens is 2. The molecule has 0 bridgehead atoms. The quantitative estimate of drug-likeness (QED) is 0.632. The van der Waals surface area contributed by atoms with E-state index in [1.807, 2.05) is 0 Å². The molecule has 0 N–H and O–H groups in total. The number of imidazole rings is 1. The van der Waals surface area contributed by atoms with E-state index in [0.29, 0.717) is 0 Å². The molecule has 0 aliphatic rings. The molecule has 1 aromatic carbocycles. The zero-order valence-corrected chi connectivity index (χ0v) is 12.9. The van der Waals surface area contributed by atoms with E-state index >= 15 is 0 Å². The Hall–Kier alpha value is -1.13. The molecule has 0 saturated heterocycles. The lowest BCUT2D eigenvalue weighted by Crippen LogP contribution is -1.89. The smallest absolute Gasteiger partial charge is 0.194 e. The van der Waals surface area contributed by atoms with E-state index in [4.69, 9.17) is 4.98 Å². The van der Waals surface area contributed by atoms with Gasteiger partial charge in [0, 0.05) is 26.3 Å². The summed E-state index contributed by atoms with van der Waals surface area (Å²) < 4.78 is 3.34. The minimum absolute atomic E-state index is 1.08. The summed E-state index contributed by atoms with van der Waals surface area (Å²) in [5.74, 6) is 0. The van der Waals surface area contributed by atoms with Crippen molar-refractivity contribution in [2.24, 2.45) is 0 Å². The second kappa shape index (κ2) is 4.21. The van der Waals surface area contributed by atoms with Crippen LogP contribution in [0.15, 0.2) is 28.7 Å². The summed E-state index contributed by atoms with van der Waals surface area (Å²) in [6.45, 7) is 6.43. The van der Waals surface area contributed by atoms with Crippen molar-refractivity contribution < 1.29 is 0 Å². The van der Waals surface area contributed by atoms with Crippen LogP contribution in [-0.4, -0.2) is 9.38 Å². The topological polar surface area (TPSA) is 17.3 Å². The Morgan fingerprint density at radius 2 is 1.72 bits per heavy atom. The summed E-state index contributed by atoms with van der Waals surface area (Å²) >= 11 is 5.22. The predicted molar refractivity (Wildman–Crippen MR) is 80.4 cm³/mol. The highest BCUT2D eigenvalue weighted by Crippen LogP contribution is 2.30. The summed E-state index contributed by atoms with van der Waals surface area (Å²) in [6, 6.07) is 8.32.